The Labute approximate surface area is 207 Å². The molecule has 3 aromatic heterocycles. The number of pyridine rings is 2. The van der Waals surface area contributed by atoms with E-state index in [0.717, 1.165) is 40.1 Å². The van der Waals surface area contributed by atoms with E-state index in [4.69, 9.17) is 4.74 Å². The van der Waals surface area contributed by atoms with Gasteiger partial charge in [-0.1, -0.05) is 38.1 Å². The van der Waals surface area contributed by atoms with E-state index in [0.29, 0.717) is 25.3 Å². The second-order valence-corrected chi connectivity index (χ2v) is 9.15. The van der Waals surface area contributed by atoms with Crippen LogP contribution in [0.5, 0.6) is 5.75 Å². The summed E-state index contributed by atoms with van der Waals surface area (Å²) in [6.45, 7) is 6.09. The zero-order valence-corrected chi connectivity index (χ0v) is 20.3. The molecule has 0 spiro atoms. The first kappa shape index (κ1) is 23.8. The van der Waals surface area contributed by atoms with Crippen LogP contribution in [0.3, 0.4) is 0 Å². The molecular formula is C27H26F3N5O. The Hall–Kier alpha value is -3.88. The molecule has 0 unspecified atom stereocenters. The first-order chi connectivity index (χ1) is 17.2. The number of imidazole rings is 1. The Bertz CT molecular complexity index is 1380. The molecule has 9 heteroatoms. The average molecular weight is 494 g/mol. The second kappa shape index (κ2) is 9.29. The lowest BCUT2D eigenvalue weighted by molar-refractivity contribution is -0.140. The number of aryl methyl sites for hydroxylation is 1. The molecule has 4 heterocycles. The molecular weight excluding hydrogens is 467 g/mol. The van der Waals surface area contributed by atoms with E-state index in [1.807, 2.05) is 42.5 Å². The summed E-state index contributed by atoms with van der Waals surface area (Å²) in [5.41, 5.74) is 4.54. The SMILES string of the molecule is CC(C)c1ncccc1-c1cc2c(cn1)OCCN2Cc1ccc(-c2nc(C(F)(F)F)cn2C)cc1. The molecule has 0 fully saturated rings. The zero-order chi connectivity index (χ0) is 25.4. The molecule has 0 radical (unpaired) electrons. The average Bonchev–Trinajstić information content (AvgIpc) is 3.26. The summed E-state index contributed by atoms with van der Waals surface area (Å²) >= 11 is 0. The third-order valence-corrected chi connectivity index (χ3v) is 6.22. The first-order valence-corrected chi connectivity index (χ1v) is 11.7. The van der Waals surface area contributed by atoms with Gasteiger partial charge in [0, 0.05) is 37.1 Å². The van der Waals surface area contributed by atoms with Gasteiger partial charge in [-0.2, -0.15) is 13.2 Å². The van der Waals surface area contributed by atoms with Crippen molar-refractivity contribution < 1.29 is 17.9 Å². The number of halogens is 3. The monoisotopic (exact) mass is 493 g/mol. The van der Waals surface area contributed by atoms with Gasteiger partial charge in [0.2, 0.25) is 0 Å². The maximum atomic E-state index is 13.0. The fourth-order valence-electron chi connectivity index (χ4n) is 4.43. The molecule has 4 aromatic rings. The van der Waals surface area contributed by atoms with Crippen molar-refractivity contribution in [2.24, 2.45) is 7.05 Å². The molecule has 0 saturated heterocycles. The van der Waals surface area contributed by atoms with Gasteiger partial charge in [-0.15, -0.1) is 0 Å². The summed E-state index contributed by atoms with van der Waals surface area (Å²) in [4.78, 5) is 15.2. The lowest BCUT2D eigenvalue weighted by Crippen LogP contribution is -2.32. The summed E-state index contributed by atoms with van der Waals surface area (Å²) in [6, 6.07) is 13.4. The second-order valence-electron chi connectivity index (χ2n) is 9.15. The largest absolute Gasteiger partial charge is 0.488 e. The number of alkyl halides is 3. The van der Waals surface area contributed by atoms with Crippen LogP contribution in [0.1, 0.15) is 36.7 Å². The van der Waals surface area contributed by atoms with Crippen LogP contribution in [0.25, 0.3) is 22.6 Å². The van der Waals surface area contributed by atoms with Gasteiger partial charge in [-0.3, -0.25) is 9.97 Å². The minimum Gasteiger partial charge on any atom is -0.488 e. The highest BCUT2D eigenvalue weighted by atomic mass is 19.4. The van der Waals surface area contributed by atoms with Gasteiger partial charge in [0.15, 0.2) is 11.4 Å². The molecule has 0 aliphatic carbocycles. The summed E-state index contributed by atoms with van der Waals surface area (Å²) in [5.74, 6) is 1.26. The van der Waals surface area contributed by atoms with Crippen molar-refractivity contribution in [3.63, 3.8) is 0 Å². The smallest absolute Gasteiger partial charge is 0.434 e. The highest BCUT2D eigenvalue weighted by Crippen LogP contribution is 2.37. The standard InChI is InChI=1S/C27H26F3N5O/c1-17(2)25-20(5-4-10-31-25)21-13-22-23(14-32-21)36-12-11-35(22)15-18-6-8-19(9-7-18)26-33-24(16-34(26)3)27(28,29)30/h4-10,13-14,16-17H,11-12,15H2,1-3H3. The summed E-state index contributed by atoms with van der Waals surface area (Å²) in [5, 5.41) is 0. The van der Waals surface area contributed by atoms with E-state index in [1.54, 1.807) is 19.4 Å². The van der Waals surface area contributed by atoms with E-state index in [2.05, 4.69) is 33.7 Å². The van der Waals surface area contributed by atoms with Crippen LogP contribution in [0.2, 0.25) is 0 Å². The molecule has 6 nitrogen and oxygen atoms in total. The minimum absolute atomic E-state index is 0.260. The van der Waals surface area contributed by atoms with E-state index < -0.39 is 11.9 Å². The first-order valence-electron chi connectivity index (χ1n) is 11.7. The highest BCUT2D eigenvalue weighted by molar-refractivity contribution is 5.71. The number of ether oxygens (including phenoxy) is 1. The predicted molar refractivity (Wildman–Crippen MR) is 132 cm³/mol. The van der Waals surface area contributed by atoms with Gasteiger partial charge in [-0.25, -0.2) is 4.98 Å². The summed E-state index contributed by atoms with van der Waals surface area (Å²) in [7, 11) is 1.56. The van der Waals surface area contributed by atoms with Crippen molar-refractivity contribution in [1.82, 2.24) is 19.5 Å². The van der Waals surface area contributed by atoms with Crippen LogP contribution in [-0.2, 0) is 19.8 Å². The lowest BCUT2D eigenvalue weighted by atomic mass is 10.0. The van der Waals surface area contributed by atoms with Crippen LogP contribution >= 0.6 is 0 Å². The fraction of sp³-hybridized carbons (Fsp3) is 0.296. The number of nitrogens with zero attached hydrogens (tertiary/aromatic N) is 5. The van der Waals surface area contributed by atoms with Crippen molar-refractivity contribution in [3.05, 3.63) is 78.0 Å². The van der Waals surface area contributed by atoms with E-state index in [1.165, 1.54) is 4.57 Å². The lowest BCUT2D eigenvalue weighted by Gasteiger charge is -2.31. The molecule has 1 aromatic carbocycles. The molecule has 186 valence electrons. The maximum Gasteiger partial charge on any atom is 0.434 e. The molecule has 0 atom stereocenters. The third-order valence-electron chi connectivity index (χ3n) is 6.22. The van der Waals surface area contributed by atoms with Gasteiger partial charge in [0.25, 0.3) is 0 Å². The zero-order valence-electron chi connectivity index (χ0n) is 20.3. The Morgan fingerprint density at radius 2 is 1.86 bits per heavy atom. The third kappa shape index (κ3) is 4.65. The van der Waals surface area contributed by atoms with Crippen LogP contribution < -0.4 is 9.64 Å². The Morgan fingerprint density at radius 3 is 2.56 bits per heavy atom. The van der Waals surface area contributed by atoms with Crippen LogP contribution in [0.15, 0.2) is 61.1 Å². The maximum absolute atomic E-state index is 13.0. The fourth-order valence-corrected chi connectivity index (χ4v) is 4.43. The van der Waals surface area contributed by atoms with Crippen molar-refractivity contribution >= 4 is 5.69 Å². The number of rotatable bonds is 5. The molecule has 0 saturated carbocycles. The quantitative estimate of drug-likeness (QED) is 0.337. The molecule has 0 bridgehead atoms. The number of hydrogen-bond donors (Lipinski definition) is 0. The van der Waals surface area contributed by atoms with Gasteiger partial charge < -0.3 is 14.2 Å². The van der Waals surface area contributed by atoms with Gasteiger partial charge in [-0.05, 0) is 29.7 Å². The van der Waals surface area contributed by atoms with Crippen LogP contribution in [0.4, 0.5) is 18.9 Å². The molecule has 0 amide bonds. The van der Waals surface area contributed by atoms with Crippen molar-refractivity contribution in [3.8, 4) is 28.4 Å². The van der Waals surface area contributed by atoms with Crippen LogP contribution in [0, 0.1) is 0 Å². The number of aromatic nitrogens is 4. The number of anilines is 1. The van der Waals surface area contributed by atoms with E-state index >= 15 is 0 Å². The van der Waals surface area contributed by atoms with E-state index in [-0.39, 0.29) is 11.7 Å². The van der Waals surface area contributed by atoms with Crippen LogP contribution in [-0.4, -0.2) is 32.7 Å². The number of hydrogen-bond acceptors (Lipinski definition) is 5. The van der Waals surface area contributed by atoms with Crippen molar-refractivity contribution in [2.45, 2.75) is 32.5 Å². The normalized spacial score (nSPS) is 13.6. The van der Waals surface area contributed by atoms with Gasteiger partial charge in [0.1, 0.15) is 12.4 Å². The van der Waals surface area contributed by atoms with Gasteiger partial charge in [0.05, 0.1) is 29.8 Å². The molecule has 0 N–H and O–H groups in total. The Kier molecular flexibility index (Phi) is 6.15. The molecule has 1 aliphatic heterocycles. The highest BCUT2D eigenvalue weighted by Gasteiger charge is 2.34. The van der Waals surface area contributed by atoms with Crippen molar-refractivity contribution in [2.75, 3.05) is 18.1 Å². The van der Waals surface area contributed by atoms with Crippen molar-refractivity contribution in [1.29, 1.82) is 0 Å². The molecule has 36 heavy (non-hydrogen) atoms. The molecule has 1 aliphatic rings. The summed E-state index contributed by atoms with van der Waals surface area (Å²) in [6.07, 6.45) is 0.0904. The predicted octanol–water partition coefficient (Wildman–Crippen LogP) is 6.09. The minimum atomic E-state index is -4.47. The topological polar surface area (TPSA) is 56.1 Å². The Balaban J connectivity index is 1.41. The Morgan fingerprint density at radius 1 is 1.08 bits per heavy atom. The van der Waals surface area contributed by atoms with E-state index in [9.17, 15) is 13.2 Å². The molecule has 5 rings (SSSR count). The summed E-state index contributed by atoms with van der Waals surface area (Å²) < 4.78 is 46.4. The van der Waals surface area contributed by atoms with Gasteiger partial charge >= 0.3 is 6.18 Å². The number of fused-ring (bicyclic) bond motifs is 1. The number of benzene rings is 1.